The zero-order valence-electron chi connectivity index (χ0n) is 25.2. The Morgan fingerprint density at radius 2 is 0.977 bits per heavy atom. The van der Waals surface area contributed by atoms with Crippen molar-refractivity contribution in [3.8, 4) is 0 Å². The molecule has 0 aromatic heterocycles. The minimum absolute atomic E-state index is 0.125. The molecule has 1 N–H and O–H groups in total. The molecule has 2 saturated heterocycles. The third-order valence-corrected chi connectivity index (χ3v) is 8.74. The molecule has 2 heterocycles. The van der Waals surface area contributed by atoms with E-state index in [9.17, 15) is 5.11 Å². The van der Waals surface area contributed by atoms with Crippen molar-refractivity contribution in [1.29, 1.82) is 0 Å². The Balaban J connectivity index is 1.32. The van der Waals surface area contributed by atoms with E-state index in [1.165, 1.54) is 0 Å². The molecule has 0 saturated carbocycles. The molecule has 4 aromatic rings. The number of piperidine rings is 2. The first-order chi connectivity index (χ1) is 21.8. The molecule has 6 heteroatoms. The van der Waals surface area contributed by atoms with Crippen LogP contribution in [0.2, 0.25) is 0 Å². The van der Waals surface area contributed by atoms with Gasteiger partial charge in [-0.15, -0.1) is 0 Å². The van der Waals surface area contributed by atoms with E-state index in [4.69, 9.17) is 18.9 Å². The molecule has 0 aliphatic carbocycles. The Bertz CT molecular complexity index is 1370. The maximum atomic E-state index is 11.5. The van der Waals surface area contributed by atoms with E-state index in [-0.39, 0.29) is 18.2 Å². The lowest BCUT2D eigenvalue weighted by molar-refractivity contribution is -0.247. The molecule has 44 heavy (non-hydrogen) atoms. The zero-order chi connectivity index (χ0) is 30.0. The van der Waals surface area contributed by atoms with Crippen molar-refractivity contribution >= 4 is 0 Å². The van der Waals surface area contributed by atoms with E-state index in [2.05, 4.69) is 53.4 Å². The third kappa shape index (κ3) is 7.83. The number of fused-ring (bicyclic) bond motifs is 1. The molecule has 6 nitrogen and oxygen atoms in total. The molecular formula is C38H43NO5. The number of aliphatic hydroxyl groups excluding tert-OH is 1. The molecule has 0 unspecified atom stereocenters. The normalized spacial score (nSPS) is 25.4. The molecule has 2 aliphatic heterocycles. The van der Waals surface area contributed by atoms with Crippen LogP contribution in [-0.2, 0) is 45.4 Å². The van der Waals surface area contributed by atoms with Crippen molar-refractivity contribution in [3.05, 3.63) is 144 Å². The van der Waals surface area contributed by atoms with Gasteiger partial charge in [-0.1, -0.05) is 121 Å². The molecule has 2 aliphatic rings. The van der Waals surface area contributed by atoms with E-state index in [0.717, 1.165) is 41.6 Å². The summed E-state index contributed by atoms with van der Waals surface area (Å²) in [5, 5.41) is 11.5. The standard InChI is InChI=1S/C38H43NO5/c40-34-22-13-23-39-33(28-41-24-29-14-5-1-6-15-29)36(42-25-30-16-7-2-8-17-30)38(44-27-32-20-11-4-12-21-32)37(35(34)39)43-26-31-18-9-3-10-19-31/h1-12,14-21,33-38,40H,13,22-28H2/t33-,34+,35-,36-,37+,38+/m1/s1. The molecule has 0 bridgehead atoms. The molecule has 230 valence electrons. The molecular weight excluding hydrogens is 550 g/mol. The molecule has 2 fully saturated rings. The second-order valence-electron chi connectivity index (χ2n) is 11.8. The number of benzene rings is 4. The first-order valence-electron chi connectivity index (χ1n) is 15.8. The van der Waals surface area contributed by atoms with Crippen molar-refractivity contribution in [2.75, 3.05) is 13.2 Å². The van der Waals surface area contributed by atoms with Crippen molar-refractivity contribution in [2.24, 2.45) is 0 Å². The van der Waals surface area contributed by atoms with Crippen LogP contribution in [0.3, 0.4) is 0 Å². The summed E-state index contributed by atoms with van der Waals surface area (Å²) in [6, 6.07) is 40.5. The summed E-state index contributed by atoms with van der Waals surface area (Å²) >= 11 is 0. The van der Waals surface area contributed by atoms with Gasteiger partial charge in [0.25, 0.3) is 0 Å². The van der Waals surface area contributed by atoms with Gasteiger partial charge >= 0.3 is 0 Å². The predicted octanol–water partition coefficient (Wildman–Crippen LogP) is 6.17. The van der Waals surface area contributed by atoms with Crippen LogP contribution in [0.4, 0.5) is 0 Å². The van der Waals surface area contributed by atoms with Gasteiger partial charge < -0.3 is 24.1 Å². The molecule has 0 amide bonds. The maximum absolute atomic E-state index is 11.5. The topological polar surface area (TPSA) is 60.4 Å². The summed E-state index contributed by atoms with van der Waals surface area (Å²) in [5.41, 5.74) is 4.39. The Hall–Kier alpha value is -3.36. The zero-order valence-corrected chi connectivity index (χ0v) is 25.2. The van der Waals surface area contributed by atoms with Gasteiger partial charge in [-0.05, 0) is 41.6 Å². The number of ether oxygens (including phenoxy) is 4. The highest BCUT2D eigenvalue weighted by molar-refractivity contribution is 5.17. The van der Waals surface area contributed by atoms with E-state index in [1.807, 2.05) is 72.8 Å². The third-order valence-electron chi connectivity index (χ3n) is 8.74. The number of hydrogen-bond donors (Lipinski definition) is 1. The average Bonchev–Trinajstić information content (AvgIpc) is 3.08. The Labute approximate surface area is 261 Å². The summed E-state index contributed by atoms with van der Waals surface area (Å²) in [6.45, 7) is 3.08. The first-order valence-corrected chi connectivity index (χ1v) is 15.8. The van der Waals surface area contributed by atoms with Crippen LogP contribution in [0.5, 0.6) is 0 Å². The molecule has 4 aromatic carbocycles. The second-order valence-corrected chi connectivity index (χ2v) is 11.8. The maximum Gasteiger partial charge on any atom is 0.113 e. The minimum Gasteiger partial charge on any atom is -0.391 e. The van der Waals surface area contributed by atoms with Crippen LogP contribution in [0, 0.1) is 0 Å². The highest BCUT2D eigenvalue weighted by atomic mass is 16.6. The summed E-state index contributed by atoms with van der Waals surface area (Å²) in [4.78, 5) is 2.38. The lowest BCUT2D eigenvalue weighted by Gasteiger charge is -2.56. The van der Waals surface area contributed by atoms with Crippen LogP contribution in [0.15, 0.2) is 121 Å². The monoisotopic (exact) mass is 593 g/mol. The summed E-state index contributed by atoms with van der Waals surface area (Å²) in [7, 11) is 0. The molecule has 6 atom stereocenters. The number of nitrogens with zero attached hydrogens (tertiary/aromatic N) is 1. The lowest BCUT2D eigenvalue weighted by atomic mass is 9.81. The fourth-order valence-electron chi connectivity index (χ4n) is 6.56. The van der Waals surface area contributed by atoms with Crippen LogP contribution >= 0.6 is 0 Å². The van der Waals surface area contributed by atoms with Gasteiger partial charge in [-0.25, -0.2) is 0 Å². The lowest BCUT2D eigenvalue weighted by Crippen LogP contribution is -2.72. The predicted molar refractivity (Wildman–Crippen MR) is 171 cm³/mol. The van der Waals surface area contributed by atoms with Crippen LogP contribution in [0.1, 0.15) is 35.1 Å². The van der Waals surface area contributed by atoms with Crippen LogP contribution < -0.4 is 0 Å². The Morgan fingerprint density at radius 1 is 0.545 bits per heavy atom. The largest absolute Gasteiger partial charge is 0.391 e. The quantitative estimate of drug-likeness (QED) is 0.200. The molecule has 0 spiro atoms. The van der Waals surface area contributed by atoms with E-state index >= 15 is 0 Å². The first kappa shape index (κ1) is 30.7. The smallest absolute Gasteiger partial charge is 0.113 e. The van der Waals surface area contributed by atoms with Gasteiger partial charge in [0.2, 0.25) is 0 Å². The molecule has 0 radical (unpaired) electrons. The van der Waals surface area contributed by atoms with Gasteiger partial charge in [0, 0.05) is 0 Å². The summed E-state index contributed by atoms with van der Waals surface area (Å²) in [6.07, 6.45) is -0.0947. The number of rotatable bonds is 13. The van der Waals surface area contributed by atoms with Crippen LogP contribution in [0.25, 0.3) is 0 Å². The van der Waals surface area contributed by atoms with Gasteiger partial charge in [0.15, 0.2) is 0 Å². The van der Waals surface area contributed by atoms with Crippen LogP contribution in [-0.4, -0.2) is 59.7 Å². The van der Waals surface area contributed by atoms with Gasteiger partial charge in [-0.2, -0.15) is 0 Å². The fraction of sp³-hybridized carbons (Fsp3) is 0.368. The SMILES string of the molecule is O[C@H]1CCCN2[C@H]1[C@H](OCc1ccccc1)[C@@H](OCc1ccccc1)[C@H](OCc1ccccc1)[C@H]2COCc1ccccc1. The van der Waals surface area contributed by atoms with E-state index < -0.39 is 18.3 Å². The van der Waals surface area contributed by atoms with Crippen molar-refractivity contribution in [1.82, 2.24) is 4.90 Å². The number of hydrogen-bond acceptors (Lipinski definition) is 6. The Kier molecular flexibility index (Phi) is 10.9. The van der Waals surface area contributed by atoms with E-state index in [1.54, 1.807) is 0 Å². The average molecular weight is 594 g/mol. The van der Waals surface area contributed by atoms with Crippen molar-refractivity contribution in [2.45, 2.75) is 75.8 Å². The highest BCUT2D eigenvalue weighted by Gasteiger charge is 2.54. The highest BCUT2D eigenvalue weighted by Crippen LogP contribution is 2.37. The minimum atomic E-state index is -0.543. The van der Waals surface area contributed by atoms with E-state index in [0.29, 0.717) is 33.0 Å². The fourth-order valence-corrected chi connectivity index (χ4v) is 6.56. The van der Waals surface area contributed by atoms with Crippen molar-refractivity contribution in [3.63, 3.8) is 0 Å². The second kappa shape index (κ2) is 15.6. The Morgan fingerprint density at radius 3 is 1.48 bits per heavy atom. The summed E-state index contributed by atoms with van der Waals surface area (Å²) in [5.74, 6) is 0. The van der Waals surface area contributed by atoms with Gasteiger partial charge in [0.05, 0.1) is 51.2 Å². The van der Waals surface area contributed by atoms with Crippen molar-refractivity contribution < 1.29 is 24.1 Å². The summed E-state index contributed by atoms with van der Waals surface area (Å²) < 4.78 is 26.8. The molecule has 6 rings (SSSR count). The number of aliphatic hydroxyl groups is 1. The van der Waals surface area contributed by atoms with Gasteiger partial charge in [-0.3, -0.25) is 4.90 Å². The van der Waals surface area contributed by atoms with Gasteiger partial charge in [0.1, 0.15) is 18.3 Å².